The number of hydrogen-bond donors (Lipinski definition) is 1. The lowest BCUT2D eigenvalue weighted by atomic mass is 9.78. The van der Waals surface area contributed by atoms with E-state index in [1.807, 2.05) is 7.05 Å². The largest absolute Gasteiger partial charge is 0.320 e. The first kappa shape index (κ1) is 18.0. The van der Waals surface area contributed by atoms with Gasteiger partial charge in [0.2, 0.25) is 0 Å². The second-order valence-electron chi connectivity index (χ2n) is 7.58. The van der Waals surface area contributed by atoms with Crippen LogP contribution in [0.25, 0.3) is 0 Å². The zero-order chi connectivity index (χ0) is 15.0. The van der Waals surface area contributed by atoms with E-state index in [1.165, 1.54) is 58.0 Å². The van der Waals surface area contributed by atoms with E-state index in [2.05, 4.69) is 37.9 Å². The Labute approximate surface area is 127 Å². The predicted molar refractivity (Wildman–Crippen MR) is 90.2 cm³/mol. The molecule has 0 aromatic heterocycles. The third-order valence-electron chi connectivity index (χ3n) is 5.18. The fourth-order valence-electron chi connectivity index (χ4n) is 3.48. The topological polar surface area (TPSA) is 15.3 Å². The molecule has 2 fully saturated rings. The zero-order valence-electron chi connectivity index (χ0n) is 14.7. The van der Waals surface area contributed by atoms with E-state index in [0.717, 1.165) is 18.5 Å². The van der Waals surface area contributed by atoms with E-state index in [9.17, 15) is 0 Å². The molecule has 1 saturated heterocycles. The summed E-state index contributed by atoms with van der Waals surface area (Å²) >= 11 is 0. The summed E-state index contributed by atoms with van der Waals surface area (Å²) in [5, 5.41) is 3.22. The minimum absolute atomic E-state index is 0.591. The van der Waals surface area contributed by atoms with Gasteiger partial charge in [-0.3, -0.25) is 4.90 Å². The molecule has 0 unspecified atom stereocenters. The highest BCUT2D eigenvalue weighted by Gasteiger charge is 2.38. The van der Waals surface area contributed by atoms with E-state index in [-0.39, 0.29) is 0 Å². The van der Waals surface area contributed by atoms with Crippen LogP contribution in [0.1, 0.15) is 72.6 Å². The van der Waals surface area contributed by atoms with Gasteiger partial charge in [0.05, 0.1) is 0 Å². The molecule has 20 heavy (non-hydrogen) atoms. The molecule has 2 nitrogen and oxygen atoms in total. The van der Waals surface area contributed by atoms with Gasteiger partial charge in [-0.15, -0.1) is 0 Å². The average Bonchev–Trinajstić information content (AvgIpc) is 2.43. The van der Waals surface area contributed by atoms with Crippen LogP contribution in [-0.2, 0) is 0 Å². The van der Waals surface area contributed by atoms with Crippen molar-refractivity contribution in [2.75, 3.05) is 26.7 Å². The summed E-state index contributed by atoms with van der Waals surface area (Å²) in [6.07, 6.45) is 10.2. The van der Waals surface area contributed by atoms with Crippen LogP contribution in [0.3, 0.4) is 0 Å². The van der Waals surface area contributed by atoms with Crippen LogP contribution in [0.5, 0.6) is 0 Å². The number of hydrogen-bond acceptors (Lipinski definition) is 2. The SMILES string of the molecule is CCC1CCCCC1.CNCCC1(C)CN(C(C)C)C1. The molecule has 0 spiro atoms. The number of nitrogens with zero attached hydrogens (tertiary/aromatic N) is 1. The smallest absolute Gasteiger partial charge is 0.00510 e. The Hall–Kier alpha value is -0.0800. The van der Waals surface area contributed by atoms with Crippen molar-refractivity contribution in [1.82, 2.24) is 10.2 Å². The normalized spacial score (nSPS) is 23.1. The van der Waals surface area contributed by atoms with E-state index >= 15 is 0 Å². The molecule has 0 radical (unpaired) electrons. The lowest BCUT2D eigenvalue weighted by Gasteiger charge is -2.50. The highest BCUT2D eigenvalue weighted by atomic mass is 15.2. The van der Waals surface area contributed by atoms with Crippen LogP contribution >= 0.6 is 0 Å². The lowest BCUT2D eigenvalue weighted by molar-refractivity contribution is -0.0133. The summed E-state index contributed by atoms with van der Waals surface area (Å²) in [5.41, 5.74) is 0.591. The first-order valence-electron chi connectivity index (χ1n) is 8.89. The van der Waals surface area contributed by atoms with Crippen LogP contribution in [0.2, 0.25) is 0 Å². The third kappa shape index (κ3) is 6.13. The second-order valence-corrected chi connectivity index (χ2v) is 7.58. The molecular weight excluding hydrogens is 244 g/mol. The molecule has 2 heteroatoms. The molecule has 1 aliphatic carbocycles. The highest BCUT2D eigenvalue weighted by Crippen LogP contribution is 2.34. The van der Waals surface area contributed by atoms with Crippen LogP contribution in [0, 0.1) is 11.3 Å². The molecule has 2 rings (SSSR count). The second kappa shape index (κ2) is 9.04. The Morgan fingerprint density at radius 2 is 1.75 bits per heavy atom. The van der Waals surface area contributed by atoms with E-state index < -0.39 is 0 Å². The van der Waals surface area contributed by atoms with Crippen LogP contribution in [-0.4, -0.2) is 37.6 Å². The van der Waals surface area contributed by atoms with E-state index in [0.29, 0.717) is 5.41 Å². The van der Waals surface area contributed by atoms with Crippen molar-refractivity contribution in [2.45, 2.75) is 78.7 Å². The fraction of sp³-hybridized carbons (Fsp3) is 1.00. The number of rotatable bonds is 5. The summed E-state index contributed by atoms with van der Waals surface area (Å²) < 4.78 is 0. The molecule has 0 atom stereocenters. The van der Waals surface area contributed by atoms with Gasteiger partial charge in [-0.05, 0) is 45.2 Å². The Kier molecular flexibility index (Phi) is 8.13. The Morgan fingerprint density at radius 3 is 2.15 bits per heavy atom. The van der Waals surface area contributed by atoms with E-state index in [4.69, 9.17) is 0 Å². The van der Waals surface area contributed by atoms with Crippen molar-refractivity contribution in [2.24, 2.45) is 11.3 Å². The lowest BCUT2D eigenvalue weighted by Crippen LogP contribution is -2.57. The molecule has 1 aliphatic heterocycles. The fourth-order valence-corrected chi connectivity index (χ4v) is 3.48. The van der Waals surface area contributed by atoms with Gasteiger partial charge < -0.3 is 5.32 Å². The summed E-state index contributed by atoms with van der Waals surface area (Å²) in [6.45, 7) is 13.0. The number of nitrogens with one attached hydrogen (secondary N) is 1. The van der Waals surface area contributed by atoms with Crippen LogP contribution in [0.4, 0.5) is 0 Å². The molecule has 1 saturated carbocycles. The molecule has 0 amide bonds. The molecule has 120 valence electrons. The van der Waals surface area contributed by atoms with Gasteiger partial charge in [0, 0.05) is 19.1 Å². The van der Waals surface area contributed by atoms with Crippen molar-refractivity contribution in [3.8, 4) is 0 Å². The Bertz CT molecular complexity index is 238. The van der Waals surface area contributed by atoms with Crippen molar-refractivity contribution in [1.29, 1.82) is 0 Å². The quantitative estimate of drug-likeness (QED) is 0.808. The first-order valence-corrected chi connectivity index (χ1v) is 8.89. The van der Waals surface area contributed by atoms with Crippen molar-refractivity contribution >= 4 is 0 Å². The maximum Gasteiger partial charge on any atom is 0.00510 e. The van der Waals surface area contributed by atoms with Gasteiger partial charge in [-0.25, -0.2) is 0 Å². The molecular formula is C18H38N2. The average molecular weight is 283 g/mol. The molecule has 2 aliphatic rings. The van der Waals surface area contributed by atoms with Gasteiger partial charge in [-0.2, -0.15) is 0 Å². The summed E-state index contributed by atoms with van der Waals surface area (Å²) in [6, 6.07) is 0.729. The first-order chi connectivity index (χ1) is 9.50. The summed E-state index contributed by atoms with van der Waals surface area (Å²) in [4.78, 5) is 2.54. The van der Waals surface area contributed by atoms with Gasteiger partial charge in [0.1, 0.15) is 0 Å². The molecule has 1 heterocycles. The minimum Gasteiger partial charge on any atom is -0.320 e. The van der Waals surface area contributed by atoms with Gasteiger partial charge in [0.15, 0.2) is 0 Å². The van der Waals surface area contributed by atoms with E-state index in [1.54, 1.807) is 0 Å². The van der Waals surface area contributed by atoms with Crippen molar-refractivity contribution < 1.29 is 0 Å². The highest BCUT2D eigenvalue weighted by molar-refractivity contribution is 4.92. The number of likely N-dealkylation sites (tertiary alicyclic amines) is 1. The molecule has 0 aromatic carbocycles. The third-order valence-corrected chi connectivity index (χ3v) is 5.18. The maximum atomic E-state index is 3.22. The summed E-state index contributed by atoms with van der Waals surface area (Å²) in [7, 11) is 2.03. The Balaban J connectivity index is 0.000000217. The molecule has 0 aromatic rings. The van der Waals surface area contributed by atoms with Crippen LogP contribution in [0.15, 0.2) is 0 Å². The Morgan fingerprint density at radius 1 is 1.15 bits per heavy atom. The van der Waals surface area contributed by atoms with Gasteiger partial charge in [-0.1, -0.05) is 52.4 Å². The van der Waals surface area contributed by atoms with Crippen molar-refractivity contribution in [3.05, 3.63) is 0 Å². The monoisotopic (exact) mass is 282 g/mol. The van der Waals surface area contributed by atoms with Crippen LogP contribution < -0.4 is 5.32 Å². The maximum absolute atomic E-state index is 3.22. The molecule has 0 bridgehead atoms. The standard InChI is InChI=1S/C10H22N2.C8H16/c1-9(2)12-7-10(3,8-12)5-6-11-4;1-2-8-6-4-3-5-7-8/h9,11H,5-8H2,1-4H3;8H,2-7H2,1H3. The zero-order valence-corrected chi connectivity index (χ0v) is 14.7. The molecule has 1 N–H and O–H groups in total. The predicted octanol–water partition coefficient (Wildman–Crippen LogP) is 4.30. The minimum atomic E-state index is 0.591. The van der Waals surface area contributed by atoms with Gasteiger partial charge >= 0.3 is 0 Å². The van der Waals surface area contributed by atoms with Crippen molar-refractivity contribution in [3.63, 3.8) is 0 Å². The van der Waals surface area contributed by atoms with Gasteiger partial charge in [0.25, 0.3) is 0 Å². The summed E-state index contributed by atoms with van der Waals surface area (Å²) in [5.74, 6) is 1.09.